The maximum absolute atomic E-state index is 12.5. The quantitative estimate of drug-likeness (QED) is 0.653. The Morgan fingerprint density at radius 3 is 2.27 bits per heavy atom. The fourth-order valence-electron chi connectivity index (χ4n) is 2.38. The van der Waals surface area contributed by atoms with Crippen LogP contribution >= 0.6 is 22.6 Å². The molecular weight excluding hydrogens is 393 g/mol. The molecule has 5 heteroatoms. The minimum atomic E-state index is -0.939. The monoisotopic (exact) mass is 417 g/mol. The van der Waals surface area contributed by atoms with E-state index in [2.05, 4.69) is 22.6 Å². The number of unbranched alkanes of at least 4 members (excludes halogenated alkanes) is 1. The summed E-state index contributed by atoms with van der Waals surface area (Å²) in [6.07, 6.45) is 2.10. The van der Waals surface area contributed by atoms with Crippen molar-refractivity contribution in [3.63, 3.8) is 0 Å². The first kappa shape index (κ1) is 18.9. The molecule has 0 radical (unpaired) electrons. The molecule has 4 nitrogen and oxygen atoms in total. The lowest BCUT2D eigenvalue weighted by Gasteiger charge is -2.31. The van der Waals surface area contributed by atoms with Crippen LogP contribution in [-0.4, -0.2) is 27.9 Å². The molecule has 122 valence electrons. The van der Waals surface area contributed by atoms with Crippen molar-refractivity contribution in [1.82, 2.24) is 4.90 Å². The second-order valence-electron chi connectivity index (χ2n) is 5.78. The molecule has 0 saturated heterocycles. The van der Waals surface area contributed by atoms with Crippen molar-refractivity contribution in [2.75, 3.05) is 0 Å². The first-order chi connectivity index (χ1) is 10.4. The molecule has 1 rings (SSSR count). The van der Waals surface area contributed by atoms with Gasteiger partial charge in [-0.2, -0.15) is 0 Å². The maximum Gasteiger partial charge on any atom is 0.326 e. The number of halogens is 1. The molecule has 1 atom stereocenters. The molecule has 0 aliphatic carbocycles. The van der Waals surface area contributed by atoms with Gasteiger partial charge in [-0.15, -0.1) is 0 Å². The molecule has 1 amide bonds. The average molecular weight is 417 g/mol. The summed E-state index contributed by atoms with van der Waals surface area (Å²) in [5.41, 5.74) is 0.956. The van der Waals surface area contributed by atoms with Gasteiger partial charge in [0.25, 0.3) is 0 Å². The number of benzene rings is 1. The van der Waals surface area contributed by atoms with E-state index < -0.39 is 12.0 Å². The number of rotatable bonds is 8. The largest absolute Gasteiger partial charge is 0.480 e. The third-order valence-electron chi connectivity index (χ3n) is 3.55. The van der Waals surface area contributed by atoms with Gasteiger partial charge in [0.15, 0.2) is 0 Å². The Kier molecular flexibility index (Phi) is 7.85. The molecule has 0 aliphatic rings. The van der Waals surface area contributed by atoms with E-state index in [1.165, 1.54) is 4.90 Å². The van der Waals surface area contributed by atoms with Crippen molar-refractivity contribution in [1.29, 1.82) is 0 Å². The number of nitrogens with zero attached hydrogens (tertiary/aromatic N) is 1. The summed E-state index contributed by atoms with van der Waals surface area (Å²) in [6, 6.07) is 7.04. The molecule has 22 heavy (non-hydrogen) atoms. The topological polar surface area (TPSA) is 57.6 Å². The fourth-order valence-corrected chi connectivity index (χ4v) is 2.74. The molecule has 0 aliphatic heterocycles. The number of amides is 1. The van der Waals surface area contributed by atoms with E-state index >= 15 is 0 Å². The minimum Gasteiger partial charge on any atom is -0.480 e. The van der Waals surface area contributed by atoms with Crippen LogP contribution in [0.3, 0.4) is 0 Å². The molecule has 0 spiro atoms. The number of carbonyl (C=O) groups is 2. The van der Waals surface area contributed by atoms with Gasteiger partial charge in [0.1, 0.15) is 6.04 Å². The molecule has 0 fully saturated rings. The lowest BCUT2D eigenvalue weighted by atomic mass is 10.0. The third-order valence-corrected chi connectivity index (χ3v) is 4.27. The summed E-state index contributed by atoms with van der Waals surface area (Å²) in [4.78, 5) is 25.6. The fraction of sp³-hybridized carbons (Fsp3) is 0.529. The number of hydrogen-bond donors (Lipinski definition) is 1. The first-order valence-corrected chi connectivity index (χ1v) is 8.71. The highest BCUT2D eigenvalue weighted by atomic mass is 127. The second-order valence-corrected chi connectivity index (χ2v) is 7.02. The van der Waals surface area contributed by atoms with Gasteiger partial charge < -0.3 is 10.0 Å². The summed E-state index contributed by atoms with van der Waals surface area (Å²) in [6.45, 7) is 6.04. The highest BCUT2D eigenvalue weighted by Gasteiger charge is 2.31. The van der Waals surface area contributed by atoms with Crippen molar-refractivity contribution in [3.8, 4) is 0 Å². The van der Waals surface area contributed by atoms with Crippen LogP contribution in [0.1, 0.15) is 45.6 Å². The molecule has 0 heterocycles. The highest BCUT2D eigenvalue weighted by Crippen LogP contribution is 2.18. The Bertz CT molecular complexity index is 499. The van der Waals surface area contributed by atoms with Crippen LogP contribution in [0.2, 0.25) is 0 Å². The first-order valence-electron chi connectivity index (χ1n) is 7.63. The van der Waals surface area contributed by atoms with E-state index in [0.29, 0.717) is 13.0 Å². The van der Waals surface area contributed by atoms with Crippen molar-refractivity contribution in [2.24, 2.45) is 5.92 Å². The molecule has 0 unspecified atom stereocenters. The van der Waals surface area contributed by atoms with Crippen molar-refractivity contribution < 1.29 is 14.7 Å². The van der Waals surface area contributed by atoms with Crippen LogP contribution < -0.4 is 0 Å². The Morgan fingerprint density at radius 2 is 1.82 bits per heavy atom. The van der Waals surface area contributed by atoms with Gasteiger partial charge in [-0.3, -0.25) is 4.79 Å². The van der Waals surface area contributed by atoms with E-state index in [1.807, 2.05) is 45.0 Å². The summed E-state index contributed by atoms with van der Waals surface area (Å²) in [5.74, 6) is -1.15. The molecule has 0 bridgehead atoms. The number of carboxylic acid groups (broad SMARTS) is 1. The smallest absolute Gasteiger partial charge is 0.326 e. The summed E-state index contributed by atoms with van der Waals surface area (Å²) in [5, 5.41) is 9.52. The van der Waals surface area contributed by atoms with E-state index in [4.69, 9.17) is 0 Å². The zero-order valence-corrected chi connectivity index (χ0v) is 15.5. The van der Waals surface area contributed by atoms with Crippen molar-refractivity contribution in [3.05, 3.63) is 33.4 Å². The number of aliphatic carboxylic acids is 1. The van der Waals surface area contributed by atoms with Gasteiger partial charge in [-0.05, 0) is 52.6 Å². The van der Waals surface area contributed by atoms with Crippen LogP contribution in [-0.2, 0) is 16.1 Å². The third kappa shape index (κ3) is 5.59. The molecule has 1 aromatic carbocycles. The van der Waals surface area contributed by atoms with Crippen molar-refractivity contribution >= 4 is 34.5 Å². The van der Waals surface area contributed by atoms with Gasteiger partial charge in [0.2, 0.25) is 5.91 Å². The average Bonchev–Trinajstić information content (AvgIpc) is 2.45. The Labute approximate surface area is 146 Å². The zero-order chi connectivity index (χ0) is 16.7. The SMILES string of the molecule is CCCCC(=O)N(Cc1ccc(I)cc1)[C@H](C(=O)O)C(C)C. The molecule has 0 saturated carbocycles. The van der Waals surface area contributed by atoms with Crippen LogP contribution in [0, 0.1) is 9.49 Å². The Hall–Kier alpha value is -1.11. The number of carboxylic acids is 1. The summed E-state index contributed by atoms with van der Waals surface area (Å²) in [7, 11) is 0. The second kappa shape index (κ2) is 9.12. The predicted octanol–water partition coefficient (Wildman–Crippen LogP) is 3.92. The molecule has 1 aromatic rings. The maximum atomic E-state index is 12.5. The Balaban J connectivity index is 3.01. The summed E-state index contributed by atoms with van der Waals surface area (Å²) >= 11 is 2.22. The predicted molar refractivity (Wildman–Crippen MR) is 95.5 cm³/mol. The van der Waals surface area contributed by atoms with Gasteiger partial charge in [0, 0.05) is 16.5 Å². The van der Waals surface area contributed by atoms with E-state index in [9.17, 15) is 14.7 Å². The van der Waals surface area contributed by atoms with Gasteiger partial charge in [0.05, 0.1) is 0 Å². The normalized spacial score (nSPS) is 12.2. The lowest BCUT2D eigenvalue weighted by Crippen LogP contribution is -2.47. The zero-order valence-electron chi connectivity index (χ0n) is 13.4. The van der Waals surface area contributed by atoms with Crippen LogP contribution in [0.15, 0.2) is 24.3 Å². The van der Waals surface area contributed by atoms with E-state index in [-0.39, 0.29) is 11.8 Å². The molecule has 0 aromatic heterocycles. The van der Waals surface area contributed by atoms with Gasteiger partial charge in [-0.1, -0.05) is 39.3 Å². The van der Waals surface area contributed by atoms with Crippen molar-refractivity contribution in [2.45, 2.75) is 52.6 Å². The Morgan fingerprint density at radius 1 is 1.23 bits per heavy atom. The summed E-state index contributed by atoms with van der Waals surface area (Å²) < 4.78 is 1.11. The minimum absolute atomic E-state index is 0.0819. The number of carbonyl (C=O) groups excluding carboxylic acids is 1. The van der Waals surface area contributed by atoms with Gasteiger partial charge >= 0.3 is 5.97 Å². The van der Waals surface area contributed by atoms with Crippen LogP contribution in [0.4, 0.5) is 0 Å². The number of hydrogen-bond acceptors (Lipinski definition) is 2. The van der Waals surface area contributed by atoms with E-state index in [0.717, 1.165) is 22.0 Å². The lowest BCUT2D eigenvalue weighted by molar-refractivity contribution is -0.153. The standard InChI is InChI=1S/C17H24INO3/c1-4-5-6-15(20)19(16(12(2)3)17(21)22)11-13-7-9-14(18)10-8-13/h7-10,12,16H,4-6,11H2,1-3H3,(H,21,22)/t16-/m0/s1. The van der Waals surface area contributed by atoms with Crippen LogP contribution in [0.5, 0.6) is 0 Å². The van der Waals surface area contributed by atoms with Crippen LogP contribution in [0.25, 0.3) is 0 Å². The highest BCUT2D eigenvalue weighted by molar-refractivity contribution is 14.1. The molecular formula is C17H24INO3. The van der Waals surface area contributed by atoms with E-state index in [1.54, 1.807) is 0 Å². The van der Waals surface area contributed by atoms with Gasteiger partial charge in [-0.25, -0.2) is 4.79 Å². The molecule has 1 N–H and O–H groups in total.